The summed E-state index contributed by atoms with van der Waals surface area (Å²) < 4.78 is 2.47. The molecule has 9 aromatic rings. The third-order valence-electron chi connectivity index (χ3n) is 8.75. The molecule has 0 unspecified atom stereocenters. The molecule has 4 heteroatoms. The van der Waals surface area contributed by atoms with Gasteiger partial charge in [-0.05, 0) is 45.2 Å². The minimum absolute atomic E-state index is 0.669. The van der Waals surface area contributed by atoms with E-state index in [1.165, 1.54) is 53.2 Å². The third kappa shape index (κ3) is 5.05. The van der Waals surface area contributed by atoms with Crippen LogP contribution in [0.15, 0.2) is 164 Å². The van der Waals surface area contributed by atoms with Gasteiger partial charge in [0.25, 0.3) is 0 Å². The van der Waals surface area contributed by atoms with E-state index in [4.69, 9.17) is 15.0 Å². The molecule has 3 nitrogen and oxygen atoms in total. The lowest BCUT2D eigenvalue weighted by Crippen LogP contribution is -1.99. The molecule has 0 spiro atoms. The molecule has 7 aromatic carbocycles. The summed E-state index contributed by atoms with van der Waals surface area (Å²) in [6.45, 7) is 0. The average Bonchev–Trinajstić information content (AvgIpc) is 3.52. The van der Waals surface area contributed by atoms with Crippen LogP contribution in [0.4, 0.5) is 0 Å². The molecule has 0 saturated carbocycles. The van der Waals surface area contributed by atoms with Gasteiger partial charge in [0.1, 0.15) is 0 Å². The molecule has 9 rings (SSSR count). The Morgan fingerprint density at radius 1 is 0.319 bits per heavy atom. The Labute approximate surface area is 276 Å². The number of rotatable bonds is 5. The van der Waals surface area contributed by atoms with Crippen molar-refractivity contribution in [2.24, 2.45) is 0 Å². The van der Waals surface area contributed by atoms with Crippen LogP contribution in [-0.4, -0.2) is 15.0 Å². The minimum atomic E-state index is 0.669. The molecule has 0 aliphatic rings. The molecule has 0 fully saturated rings. The van der Waals surface area contributed by atoms with Crippen molar-refractivity contribution in [1.82, 2.24) is 15.0 Å². The second kappa shape index (κ2) is 11.4. The summed E-state index contributed by atoms with van der Waals surface area (Å²) in [7, 11) is 0. The van der Waals surface area contributed by atoms with E-state index in [9.17, 15) is 0 Å². The van der Waals surface area contributed by atoms with Gasteiger partial charge >= 0.3 is 0 Å². The molecule has 2 aromatic heterocycles. The van der Waals surface area contributed by atoms with Crippen molar-refractivity contribution in [3.8, 4) is 56.4 Å². The van der Waals surface area contributed by atoms with E-state index in [2.05, 4.69) is 103 Å². The van der Waals surface area contributed by atoms with Crippen molar-refractivity contribution in [2.45, 2.75) is 0 Å². The Hall–Kier alpha value is -5.97. The van der Waals surface area contributed by atoms with Gasteiger partial charge in [-0.1, -0.05) is 152 Å². The van der Waals surface area contributed by atoms with Crippen LogP contribution in [0.25, 0.3) is 87.4 Å². The van der Waals surface area contributed by atoms with E-state index >= 15 is 0 Å². The van der Waals surface area contributed by atoms with Crippen LogP contribution < -0.4 is 0 Å². The first-order chi connectivity index (χ1) is 23.3. The number of aromatic nitrogens is 3. The summed E-state index contributed by atoms with van der Waals surface area (Å²) in [6, 6.07) is 57.6. The number of benzene rings is 7. The van der Waals surface area contributed by atoms with Crippen molar-refractivity contribution >= 4 is 42.3 Å². The summed E-state index contributed by atoms with van der Waals surface area (Å²) in [4.78, 5) is 14.7. The molecule has 0 N–H and O–H groups in total. The highest BCUT2D eigenvalue weighted by atomic mass is 32.1. The second-order valence-corrected chi connectivity index (χ2v) is 12.8. The lowest BCUT2D eigenvalue weighted by molar-refractivity contribution is 1.07. The standard InChI is InChI=1S/C43H27N3S/c1-3-11-31(12-4-1)41-44-42(32-13-5-2-6-14-32)46-43(45-41)34-23-25-38-37-24-22-33(26-39(37)47-40(38)27-34)28-18-20-30(21-19-28)36-17-9-15-29-10-7-8-16-35(29)36/h1-27H. The Morgan fingerprint density at radius 2 is 0.809 bits per heavy atom. The van der Waals surface area contributed by atoms with E-state index in [-0.39, 0.29) is 0 Å². The average molecular weight is 618 g/mol. The largest absolute Gasteiger partial charge is 0.208 e. The predicted molar refractivity (Wildman–Crippen MR) is 197 cm³/mol. The Bertz CT molecular complexity index is 2490. The molecule has 0 aliphatic carbocycles. The summed E-state index contributed by atoms with van der Waals surface area (Å²) in [5.41, 5.74) is 7.82. The monoisotopic (exact) mass is 617 g/mol. The van der Waals surface area contributed by atoms with E-state index < -0.39 is 0 Å². The molecule has 0 atom stereocenters. The van der Waals surface area contributed by atoms with Gasteiger partial charge in [0.15, 0.2) is 17.5 Å². The van der Waals surface area contributed by atoms with Crippen LogP contribution in [0.1, 0.15) is 0 Å². The topological polar surface area (TPSA) is 38.7 Å². The van der Waals surface area contributed by atoms with E-state index in [0.717, 1.165) is 16.7 Å². The van der Waals surface area contributed by atoms with E-state index in [1.54, 1.807) is 0 Å². The van der Waals surface area contributed by atoms with Gasteiger partial charge in [-0.25, -0.2) is 15.0 Å². The predicted octanol–water partition coefficient (Wildman–Crippen LogP) is 11.7. The molecule has 0 amide bonds. The van der Waals surface area contributed by atoms with Crippen molar-refractivity contribution in [3.63, 3.8) is 0 Å². The van der Waals surface area contributed by atoms with Gasteiger partial charge in [0.2, 0.25) is 0 Å². The first-order valence-electron chi connectivity index (χ1n) is 15.7. The van der Waals surface area contributed by atoms with Crippen molar-refractivity contribution in [2.75, 3.05) is 0 Å². The van der Waals surface area contributed by atoms with Gasteiger partial charge in [-0.15, -0.1) is 11.3 Å². The summed E-state index contributed by atoms with van der Waals surface area (Å²) in [6.07, 6.45) is 0. The van der Waals surface area contributed by atoms with Gasteiger partial charge in [-0.2, -0.15) is 0 Å². The fourth-order valence-corrected chi connectivity index (χ4v) is 7.54. The molecule has 2 heterocycles. The van der Waals surface area contributed by atoms with E-state index in [0.29, 0.717) is 17.5 Å². The number of fused-ring (bicyclic) bond motifs is 4. The zero-order valence-electron chi connectivity index (χ0n) is 25.3. The molecular weight excluding hydrogens is 591 g/mol. The van der Waals surface area contributed by atoms with Crippen LogP contribution in [0.2, 0.25) is 0 Å². The first kappa shape index (κ1) is 27.3. The summed E-state index contributed by atoms with van der Waals surface area (Å²) in [5.74, 6) is 2.01. The highest BCUT2D eigenvalue weighted by molar-refractivity contribution is 7.25. The molecular formula is C43H27N3S. The number of hydrogen-bond donors (Lipinski definition) is 0. The molecule has 0 bridgehead atoms. The SMILES string of the molecule is c1ccc(-c2nc(-c3ccccc3)nc(-c3ccc4c(c3)sc3cc(-c5ccc(-c6cccc7ccccc67)cc5)ccc34)n2)cc1. The normalized spacial score (nSPS) is 11.4. The lowest BCUT2D eigenvalue weighted by atomic mass is 9.96. The quantitative estimate of drug-likeness (QED) is 0.193. The maximum atomic E-state index is 4.94. The molecule has 0 aliphatic heterocycles. The zero-order chi connectivity index (χ0) is 31.2. The molecule has 0 saturated heterocycles. The number of hydrogen-bond acceptors (Lipinski definition) is 4. The number of thiophene rings is 1. The lowest BCUT2D eigenvalue weighted by Gasteiger charge is -2.09. The van der Waals surface area contributed by atoms with Gasteiger partial charge in [-0.3, -0.25) is 0 Å². The van der Waals surface area contributed by atoms with Crippen LogP contribution in [0.3, 0.4) is 0 Å². The number of nitrogens with zero attached hydrogens (tertiary/aromatic N) is 3. The smallest absolute Gasteiger partial charge is 0.164 e. The highest BCUT2D eigenvalue weighted by Crippen LogP contribution is 2.39. The van der Waals surface area contributed by atoms with Crippen LogP contribution in [0, 0.1) is 0 Å². The minimum Gasteiger partial charge on any atom is -0.208 e. The van der Waals surface area contributed by atoms with Crippen molar-refractivity contribution in [1.29, 1.82) is 0 Å². The Balaban J connectivity index is 1.09. The first-order valence-corrected chi connectivity index (χ1v) is 16.5. The molecule has 220 valence electrons. The maximum absolute atomic E-state index is 4.94. The van der Waals surface area contributed by atoms with Crippen LogP contribution in [0.5, 0.6) is 0 Å². The Kier molecular flexibility index (Phi) is 6.65. The van der Waals surface area contributed by atoms with E-state index in [1.807, 2.05) is 72.0 Å². The summed E-state index contributed by atoms with van der Waals surface area (Å²) in [5, 5.41) is 5.04. The highest BCUT2D eigenvalue weighted by Gasteiger charge is 2.14. The molecule has 47 heavy (non-hydrogen) atoms. The van der Waals surface area contributed by atoms with Gasteiger partial charge in [0.05, 0.1) is 0 Å². The molecule has 0 radical (unpaired) electrons. The van der Waals surface area contributed by atoms with Gasteiger partial charge < -0.3 is 0 Å². The van der Waals surface area contributed by atoms with Crippen molar-refractivity contribution in [3.05, 3.63) is 164 Å². The van der Waals surface area contributed by atoms with Crippen LogP contribution >= 0.6 is 11.3 Å². The third-order valence-corrected chi connectivity index (χ3v) is 9.87. The van der Waals surface area contributed by atoms with Gasteiger partial charge in [0, 0.05) is 36.9 Å². The summed E-state index contributed by atoms with van der Waals surface area (Å²) >= 11 is 1.81. The van der Waals surface area contributed by atoms with Crippen molar-refractivity contribution < 1.29 is 0 Å². The fraction of sp³-hybridized carbons (Fsp3) is 0. The second-order valence-electron chi connectivity index (χ2n) is 11.7. The Morgan fingerprint density at radius 3 is 1.47 bits per heavy atom. The fourth-order valence-electron chi connectivity index (χ4n) is 6.35. The van der Waals surface area contributed by atoms with Crippen LogP contribution in [-0.2, 0) is 0 Å². The zero-order valence-corrected chi connectivity index (χ0v) is 26.2. The maximum Gasteiger partial charge on any atom is 0.164 e.